The molecule has 0 aromatic heterocycles. The topological polar surface area (TPSA) is 59.2 Å². The lowest BCUT2D eigenvalue weighted by molar-refractivity contribution is -0.552. The van der Waals surface area contributed by atoms with Crippen LogP contribution in [0.4, 0.5) is 4.79 Å². The van der Waals surface area contributed by atoms with Gasteiger partial charge in [-0.15, -0.1) is 0 Å². The van der Waals surface area contributed by atoms with Crippen LogP contribution in [0, 0.1) is 6.92 Å². The molecule has 2 aliphatic rings. The molecule has 0 aliphatic carbocycles. The zero-order chi connectivity index (χ0) is 25.9. The molecule has 7 heteroatoms. The van der Waals surface area contributed by atoms with E-state index in [0.717, 1.165) is 24.5 Å². The number of benzene rings is 3. The Morgan fingerprint density at radius 3 is 1.89 bits per heavy atom. The lowest BCUT2D eigenvalue weighted by Gasteiger charge is -2.30. The van der Waals surface area contributed by atoms with Gasteiger partial charge in [-0.1, -0.05) is 90.5 Å². The van der Waals surface area contributed by atoms with Crippen molar-refractivity contribution in [3.05, 3.63) is 107 Å². The van der Waals surface area contributed by atoms with Gasteiger partial charge in [0.25, 0.3) is 17.8 Å². The van der Waals surface area contributed by atoms with Gasteiger partial charge < -0.3 is 0 Å². The molecule has 1 atom stereocenters. The molecule has 5 rings (SSSR count). The van der Waals surface area contributed by atoms with Gasteiger partial charge in [-0.25, -0.2) is 9.37 Å². The highest BCUT2D eigenvalue weighted by atomic mass is 16.2. The van der Waals surface area contributed by atoms with Gasteiger partial charge in [0.05, 0.1) is 0 Å². The number of carbonyl (C=O) groups excluding carboxylic acids is 2. The normalized spacial score (nSPS) is 17.5. The van der Waals surface area contributed by atoms with Gasteiger partial charge in [-0.2, -0.15) is 0 Å². The number of fused-ring (bicyclic) bond motifs is 1. The zero-order valence-electron chi connectivity index (χ0n) is 21.5. The smallest absolute Gasteiger partial charge is 0.284 e. The molecule has 0 N–H and O–H groups in total. The number of hydrogen-bond acceptors (Lipinski definition) is 4. The predicted octanol–water partition coefficient (Wildman–Crippen LogP) is 3.91. The Balaban J connectivity index is 1.53. The van der Waals surface area contributed by atoms with Crippen LogP contribution < -0.4 is 0 Å². The summed E-state index contributed by atoms with van der Waals surface area (Å²) in [5.41, 5.74) is 4.68. The second kappa shape index (κ2) is 10.5. The van der Waals surface area contributed by atoms with Crippen molar-refractivity contribution in [1.82, 2.24) is 14.7 Å². The van der Waals surface area contributed by atoms with Crippen LogP contribution in [-0.2, 0) is 24.4 Å². The maximum Gasteiger partial charge on any atom is 0.333 e. The molecule has 1 saturated heterocycles. The highest BCUT2D eigenvalue weighted by molar-refractivity contribution is 6.23. The molecule has 3 aromatic carbocycles. The molecule has 2 heterocycles. The average Bonchev–Trinajstić information content (AvgIpc) is 3.26. The lowest BCUT2D eigenvalue weighted by Crippen LogP contribution is -2.61. The molecule has 1 fully saturated rings. The average molecular weight is 495 g/mol. The van der Waals surface area contributed by atoms with Crippen molar-refractivity contribution in [2.45, 2.75) is 32.6 Å². The third kappa shape index (κ3) is 5.22. The lowest BCUT2D eigenvalue weighted by atomic mass is 10.1. The summed E-state index contributed by atoms with van der Waals surface area (Å²) in [6.07, 6.45) is 0. The van der Waals surface area contributed by atoms with E-state index in [9.17, 15) is 9.59 Å². The van der Waals surface area contributed by atoms with E-state index < -0.39 is 6.04 Å². The third-order valence-corrected chi connectivity index (χ3v) is 6.95. The van der Waals surface area contributed by atoms with Gasteiger partial charge in [0, 0.05) is 27.2 Å². The summed E-state index contributed by atoms with van der Waals surface area (Å²) in [5, 5.41) is 0. The maximum absolute atomic E-state index is 13.4. The summed E-state index contributed by atoms with van der Waals surface area (Å²) in [7, 11) is 3.23. The van der Waals surface area contributed by atoms with E-state index in [1.54, 1.807) is 7.05 Å². The molecule has 3 amide bonds. The second-order valence-electron chi connectivity index (χ2n) is 9.76. The number of urea groups is 1. The van der Waals surface area contributed by atoms with Gasteiger partial charge in [0.1, 0.15) is 13.1 Å². The molecule has 1 unspecified atom stereocenters. The van der Waals surface area contributed by atoms with E-state index in [1.807, 2.05) is 36.4 Å². The van der Waals surface area contributed by atoms with Crippen LogP contribution in [-0.4, -0.2) is 69.6 Å². The van der Waals surface area contributed by atoms with Crippen LogP contribution in [0.1, 0.15) is 22.3 Å². The molecule has 7 nitrogen and oxygen atoms in total. The van der Waals surface area contributed by atoms with Crippen molar-refractivity contribution in [3.8, 4) is 0 Å². The monoisotopic (exact) mass is 494 g/mol. The van der Waals surface area contributed by atoms with Crippen molar-refractivity contribution in [3.63, 3.8) is 0 Å². The number of nitrogens with zero attached hydrogens (tertiary/aromatic N) is 5. The highest BCUT2D eigenvalue weighted by Gasteiger charge is 2.53. The van der Waals surface area contributed by atoms with Crippen LogP contribution in [0.5, 0.6) is 0 Å². The van der Waals surface area contributed by atoms with Gasteiger partial charge in [0.15, 0.2) is 0 Å². The van der Waals surface area contributed by atoms with Gasteiger partial charge in [0.2, 0.25) is 0 Å². The van der Waals surface area contributed by atoms with Crippen LogP contribution in [0.15, 0.2) is 89.9 Å². The molecule has 0 radical (unpaired) electrons. The molecule has 37 heavy (non-hydrogen) atoms. The fraction of sp³-hybridized carbons (Fsp3) is 0.267. The number of hydrogen-bond donors (Lipinski definition) is 0. The quantitative estimate of drug-likeness (QED) is 0.446. The molecule has 0 saturated carbocycles. The van der Waals surface area contributed by atoms with Crippen molar-refractivity contribution in [1.29, 1.82) is 0 Å². The van der Waals surface area contributed by atoms with Gasteiger partial charge in [-0.3, -0.25) is 19.5 Å². The SMILES string of the molecule is Cc1ccc(C[N+]2=C(CN(Cc3ccccc3)Cc3ccccc3)N=C3C2C(=O)N(C)C(=O)N3C)cc1. The molecular weight excluding hydrogens is 462 g/mol. The number of aliphatic imine (C=N–C) groups is 1. The van der Waals surface area contributed by atoms with Gasteiger partial charge >= 0.3 is 11.9 Å². The van der Waals surface area contributed by atoms with E-state index in [-0.39, 0.29) is 11.9 Å². The Labute approximate surface area is 218 Å². The van der Waals surface area contributed by atoms with E-state index in [4.69, 9.17) is 4.99 Å². The van der Waals surface area contributed by atoms with Crippen LogP contribution in [0.3, 0.4) is 0 Å². The summed E-state index contributed by atoms with van der Waals surface area (Å²) < 4.78 is 2.06. The molecule has 3 aromatic rings. The molecule has 2 aliphatic heterocycles. The minimum absolute atomic E-state index is 0.248. The summed E-state index contributed by atoms with van der Waals surface area (Å²) in [6.45, 7) is 4.59. The number of amidine groups is 2. The summed E-state index contributed by atoms with van der Waals surface area (Å²) in [4.78, 5) is 36.0. The summed E-state index contributed by atoms with van der Waals surface area (Å²) in [5.74, 6) is 1.03. The van der Waals surface area contributed by atoms with E-state index in [2.05, 4.69) is 64.9 Å². The molecule has 188 valence electrons. The third-order valence-electron chi connectivity index (χ3n) is 6.95. The fourth-order valence-corrected chi connectivity index (χ4v) is 4.90. The highest BCUT2D eigenvalue weighted by Crippen LogP contribution is 2.22. The molecule has 0 spiro atoms. The summed E-state index contributed by atoms with van der Waals surface area (Å²) >= 11 is 0. The van der Waals surface area contributed by atoms with E-state index in [1.165, 1.54) is 33.5 Å². The van der Waals surface area contributed by atoms with Crippen molar-refractivity contribution in [2.24, 2.45) is 4.99 Å². The number of amides is 3. The first kappa shape index (κ1) is 24.6. The Hall–Kier alpha value is -4.10. The molecular formula is C30H32N5O2+. The standard InChI is InChI=1S/C30H32N5O2/c1-22-14-16-25(17-15-22)20-35-26(31-28-27(35)29(36)33(3)30(37)32(28)2)21-34(18-23-10-6-4-7-11-23)19-24-12-8-5-9-13-24/h4-17,27H,18-21H2,1-3H3/q+1. The fourth-order valence-electron chi connectivity index (χ4n) is 4.90. The summed E-state index contributed by atoms with van der Waals surface area (Å²) in [6, 6.07) is 28.1. The van der Waals surface area contributed by atoms with Gasteiger partial charge in [-0.05, 0) is 28.6 Å². The first-order valence-corrected chi connectivity index (χ1v) is 12.5. The number of aryl methyl sites for hydroxylation is 1. The van der Waals surface area contributed by atoms with Crippen molar-refractivity contribution < 1.29 is 14.2 Å². The van der Waals surface area contributed by atoms with Crippen molar-refractivity contribution in [2.75, 3.05) is 20.6 Å². The minimum atomic E-state index is -0.626. The number of likely N-dealkylation sites (N-methyl/N-ethyl adjacent to an activating group) is 2. The number of carbonyl (C=O) groups is 2. The maximum atomic E-state index is 13.4. The zero-order valence-corrected chi connectivity index (χ0v) is 21.5. The minimum Gasteiger partial charge on any atom is -0.284 e. The Morgan fingerprint density at radius 2 is 1.32 bits per heavy atom. The van der Waals surface area contributed by atoms with E-state index in [0.29, 0.717) is 18.9 Å². The Morgan fingerprint density at radius 1 is 0.757 bits per heavy atom. The van der Waals surface area contributed by atoms with E-state index >= 15 is 0 Å². The first-order valence-electron chi connectivity index (χ1n) is 12.5. The Kier molecular flexibility index (Phi) is 6.97. The first-order chi connectivity index (χ1) is 17.9. The second-order valence-corrected chi connectivity index (χ2v) is 9.76. The van der Waals surface area contributed by atoms with Crippen LogP contribution in [0.25, 0.3) is 0 Å². The number of rotatable bonds is 8. The van der Waals surface area contributed by atoms with Crippen LogP contribution in [0.2, 0.25) is 0 Å². The largest absolute Gasteiger partial charge is 0.333 e. The number of imide groups is 1. The predicted molar refractivity (Wildman–Crippen MR) is 144 cm³/mol. The van der Waals surface area contributed by atoms with Crippen molar-refractivity contribution >= 4 is 23.6 Å². The Bertz CT molecular complexity index is 1310. The molecule has 0 bridgehead atoms. The van der Waals surface area contributed by atoms with Crippen LogP contribution >= 0.6 is 0 Å².